The van der Waals surface area contributed by atoms with Gasteiger partial charge in [-0.1, -0.05) is 0 Å². The number of anilines is 1. The highest BCUT2D eigenvalue weighted by Crippen LogP contribution is 2.32. The Balaban J connectivity index is 0.000000360. The van der Waals surface area contributed by atoms with Crippen molar-refractivity contribution in [3.63, 3.8) is 0 Å². The first-order chi connectivity index (χ1) is 13.7. The van der Waals surface area contributed by atoms with E-state index < -0.39 is 11.7 Å². The molecule has 1 aliphatic rings. The number of hydrogen-bond acceptors (Lipinski definition) is 5. The number of rotatable bonds is 5. The van der Waals surface area contributed by atoms with Crippen LogP contribution in [0.3, 0.4) is 0 Å². The number of ether oxygens (including phenoxy) is 2. The monoisotopic (exact) mass is 412 g/mol. The first-order valence-electron chi connectivity index (χ1n) is 8.33. The molecular weight excluding hydrogens is 393 g/mol. The van der Waals surface area contributed by atoms with E-state index in [-0.39, 0.29) is 17.7 Å². The zero-order chi connectivity index (χ0) is 21.4. The van der Waals surface area contributed by atoms with Crippen LogP contribution >= 0.6 is 0 Å². The van der Waals surface area contributed by atoms with E-state index in [1.807, 2.05) is 0 Å². The summed E-state index contributed by atoms with van der Waals surface area (Å²) in [4.78, 5) is 26.2. The molecule has 3 rings (SSSR count). The van der Waals surface area contributed by atoms with Crippen LogP contribution in [0.15, 0.2) is 36.5 Å². The fourth-order valence-corrected chi connectivity index (χ4v) is 2.22. The van der Waals surface area contributed by atoms with E-state index in [1.54, 1.807) is 18.0 Å². The predicted octanol–water partition coefficient (Wildman–Crippen LogP) is 3.11. The topological polar surface area (TPSA) is 92.8 Å². The summed E-state index contributed by atoms with van der Waals surface area (Å²) in [7, 11) is 3.21. The number of pyridine rings is 1. The number of alkyl halides is 3. The quantitative estimate of drug-likeness (QED) is 0.737. The van der Waals surface area contributed by atoms with Gasteiger partial charge in [0.1, 0.15) is 11.5 Å². The van der Waals surface area contributed by atoms with Crippen LogP contribution in [0.4, 0.5) is 23.7 Å². The van der Waals surface area contributed by atoms with Crippen molar-refractivity contribution in [2.24, 2.45) is 0 Å². The van der Waals surface area contributed by atoms with Gasteiger partial charge < -0.3 is 25.0 Å². The molecule has 1 aromatic carbocycles. The van der Waals surface area contributed by atoms with Gasteiger partial charge in [-0.15, -0.1) is 0 Å². The summed E-state index contributed by atoms with van der Waals surface area (Å²) in [5.74, 6) is 0.701. The average Bonchev–Trinajstić information content (AvgIpc) is 3.05. The van der Waals surface area contributed by atoms with E-state index in [0.29, 0.717) is 24.0 Å². The number of aromatic nitrogens is 1. The molecule has 1 aliphatic heterocycles. The molecule has 0 radical (unpaired) electrons. The van der Waals surface area contributed by atoms with E-state index in [0.717, 1.165) is 25.2 Å². The van der Waals surface area contributed by atoms with E-state index in [9.17, 15) is 22.8 Å². The highest BCUT2D eigenvalue weighted by molar-refractivity contribution is 5.76. The third kappa shape index (κ3) is 6.26. The van der Waals surface area contributed by atoms with Crippen LogP contribution in [0, 0.1) is 0 Å². The molecule has 2 heterocycles. The minimum atomic E-state index is -4.45. The number of nitrogens with zero attached hydrogens (tertiary/aromatic N) is 2. The van der Waals surface area contributed by atoms with Gasteiger partial charge >= 0.3 is 12.2 Å². The van der Waals surface area contributed by atoms with Crippen LogP contribution < -0.4 is 20.1 Å². The fourth-order valence-electron chi connectivity index (χ4n) is 2.22. The van der Waals surface area contributed by atoms with E-state index in [4.69, 9.17) is 9.47 Å². The first-order valence-corrected chi connectivity index (χ1v) is 8.33. The number of halogens is 3. The summed E-state index contributed by atoms with van der Waals surface area (Å²) >= 11 is 0. The van der Waals surface area contributed by atoms with E-state index in [1.165, 1.54) is 19.2 Å². The van der Waals surface area contributed by atoms with Crippen LogP contribution in [0.25, 0.3) is 0 Å². The van der Waals surface area contributed by atoms with Crippen molar-refractivity contribution < 1.29 is 32.2 Å². The number of carbonyl (C=O) groups excluding carboxylic acids is 2. The van der Waals surface area contributed by atoms with Gasteiger partial charge in [-0.3, -0.25) is 4.79 Å². The van der Waals surface area contributed by atoms with Gasteiger partial charge in [0.15, 0.2) is 0 Å². The van der Waals surface area contributed by atoms with Gasteiger partial charge in [-0.05, 0) is 18.2 Å². The number of likely N-dealkylation sites (N-methyl/N-ethyl adjacent to an activating group) is 1. The largest absolute Gasteiger partial charge is 0.495 e. The molecule has 8 nitrogen and oxygen atoms in total. The molecule has 1 saturated heterocycles. The average molecular weight is 412 g/mol. The van der Waals surface area contributed by atoms with Crippen LogP contribution in [0.5, 0.6) is 17.4 Å². The van der Waals surface area contributed by atoms with Crippen LogP contribution in [0.1, 0.15) is 5.56 Å². The second-order valence-corrected chi connectivity index (χ2v) is 5.76. The number of carbonyl (C=O) groups is 2. The number of benzene rings is 1. The van der Waals surface area contributed by atoms with Crippen molar-refractivity contribution in [1.82, 2.24) is 15.2 Å². The lowest BCUT2D eigenvalue weighted by Crippen LogP contribution is -2.23. The Bertz CT molecular complexity index is 844. The Morgan fingerprint density at radius 1 is 1.28 bits per heavy atom. The lowest BCUT2D eigenvalue weighted by Gasteiger charge is -2.11. The molecule has 29 heavy (non-hydrogen) atoms. The second kappa shape index (κ2) is 9.62. The fraction of sp³-hybridized carbons (Fsp3) is 0.278. The molecular formula is C18H19F3N4O4. The zero-order valence-electron chi connectivity index (χ0n) is 15.6. The smallest absolute Gasteiger partial charge is 0.417 e. The van der Waals surface area contributed by atoms with Crippen LogP contribution in [-0.2, 0) is 11.0 Å². The lowest BCUT2D eigenvalue weighted by molar-refractivity contribution is -0.137. The molecule has 1 aromatic heterocycles. The van der Waals surface area contributed by atoms with Crippen molar-refractivity contribution in [3.8, 4) is 17.4 Å². The molecule has 0 spiro atoms. The van der Waals surface area contributed by atoms with Crippen molar-refractivity contribution >= 4 is 18.1 Å². The molecule has 2 N–H and O–H groups in total. The van der Waals surface area contributed by atoms with Gasteiger partial charge in [0.2, 0.25) is 12.3 Å². The Morgan fingerprint density at radius 2 is 2.03 bits per heavy atom. The number of amides is 3. The predicted molar refractivity (Wildman–Crippen MR) is 98.0 cm³/mol. The standard InChI is InChI=1S/C14H11F3N2O3.C4H8N2O/c1-21-12-4-3-10(6-11(12)19-8-20)22-13-5-2-9(7-18-13)14(15,16)17;1-6-3-2-5-4(6)7/h2-8H,1H3,(H,19,20);2-3H2,1H3,(H,5,7). The van der Waals surface area contributed by atoms with Crippen molar-refractivity contribution in [1.29, 1.82) is 0 Å². The zero-order valence-corrected chi connectivity index (χ0v) is 15.6. The maximum absolute atomic E-state index is 12.4. The summed E-state index contributed by atoms with van der Waals surface area (Å²) in [6.45, 7) is 1.65. The number of urea groups is 1. The van der Waals surface area contributed by atoms with Crippen molar-refractivity contribution in [2.75, 3.05) is 32.6 Å². The minimum Gasteiger partial charge on any atom is -0.495 e. The molecule has 0 unspecified atom stereocenters. The third-order valence-electron chi connectivity index (χ3n) is 3.74. The molecule has 11 heteroatoms. The summed E-state index contributed by atoms with van der Waals surface area (Å²) < 4.78 is 47.7. The van der Waals surface area contributed by atoms with Crippen molar-refractivity contribution in [2.45, 2.75) is 6.18 Å². The maximum atomic E-state index is 12.4. The number of methoxy groups -OCH3 is 1. The van der Waals surface area contributed by atoms with Gasteiger partial charge in [-0.2, -0.15) is 13.2 Å². The third-order valence-corrected chi connectivity index (χ3v) is 3.74. The lowest BCUT2D eigenvalue weighted by atomic mass is 10.2. The first kappa shape index (κ1) is 21.8. The number of nitrogens with one attached hydrogen (secondary N) is 2. The highest BCUT2D eigenvalue weighted by atomic mass is 19.4. The summed E-state index contributed by atoms with van der Waals surface area (Å²) in [6, 6.07) is 6.57. The highest BCUT2D eigenvalue weighted by Gasteiger charge is 2.30. The number of hydrogen-bond donors (Lipinski definition) is 2. The Hall–Kier alpha value is -3.50. The van der Waals surface area contributed by atoms with Crippen molar-refractivity contribution in [3.05, 3.63) is 42.1 Å². The normalized spacial score (nSPS) is 13.1. The molecule has 0 atom stereocenters. The molecule has 3 amide bonds. The molecule has 156 valence electrons. The van der Waals surface area contributed by atoms with Gasteiger partial charge in [-0.25, -0.2) is 9.78 Å². The summed E-state index contributed by atoms with van der Waals surface area (Å²) in [5, 5.41) is 5.08. The Labute approximate surface area is 164 Å². The Kier molecular flexibility index (Phi) is 7.23. The molecule has 0 aliphatic carbocycles. The SMILES string of the molecule is CN1CCNC1=O.COc1ccc(Oc2ccc(C(F)(F)F)cn2)cc1NC=O. The Morgan fingerprint density at radius 3 is 2.48 bits per heavy atom. The molecule has 0 saturated carbocycles. The second-order valence-electron chi connectivity index (χ2n) is 5.76. The maximum Gasteiger partial charge on any atom is 0.417 e. The van der Waals surface area contributed by atoms with Crippen LogP contribution in [-0.4, -0.2) is 49.6 Å². The van der Waals surface area contributed by atoms with Gasteiger partial charge in [0.25, 0.3) is 0 Å². The van der Waals surface area contributed by atoms with Gasteiger partial charge in [0.05, 0.1) is 18.4 Å². The van der Waals surface area contributed by atoms with E-state index >= 15 is 0 Å². The molecule has 0 bridgehead atoms. The summed E-state index contributed by atoms with van der Waals surface area (Å²) in [5.41, 5.74) is -0.500. The molecule has 2 aromatic rings. The molecule has 1 fully saturated rings. The van der Waals surface area contributed by atoms with E-state index in [2.05, 4.69) is 15.6 Å². The summed E-state index contributed by atoms with van der Waals surface area (Å²) in [6.07, 6.45) is -3.30. The van der Waals surface area contributed by atoms with Gasteiger partial charge in [0, 0.05) is 38.5 Å². The van der Waals surface area contributed by atoms with Crippen LogP contribution in [0.2, 0.25) is 0 Å². The minimum absolute atomic E-state index is 0.00443.